The molecule has 0 aliphatic heterocycles. The number of unbranched alkanes of at least 4 members (excludes halogenated alkanes) is 1. The zero-order valence-electron chi connectivity index (χ0n) is 17.7. The summed E-state index contributed by atoms with van der Waals surface area (Å²) in [6, 6.07) is 11.4. The van der Waals surface area contributed by atoms with Crippen LogP contribution in [-0.4, -0.2) is 25.7 Å². The molecule has 0 saturated heterocycles. The molecule has 4 rings (SSSR count). The largest absolute Gasteiger partial charge is 0.508 e. The van der Waals surface area contributed by atoms with Crippen molar-refractivity contribution in [3.8, 4) is 5.75 Å². The Morgan fingerprint density at radius 3 is 2.71 bits per heavy atom. The number of benzene rings is 2. The van der Waals surface area contributed by atoms with E-state index in [0.29, 0.717) is 17.9 Å². The third-order valence-corrected chi connectivity index (χ3v) is 5.53. The van der Waals surface area contributed by atoms with E-state index in [4.69, 9.17) is 10.7 Å². The second kappa shape index (κ2) is 8.58. The molecule has 7 nitrogen and oxygen atoms in total. The summed E-state index contributed by atoms with van der Waals surface area (Å²) < 4.78 is 2.20. The van der Waals surface area contributed by atoms with Gasteiger partial charge in [0.05, 0.1) is 17.6 Å². The van der Waals surface area contributed by atoms with Gasteiger partial charge in [-0.3, -0.25) is 0 Å². The number of anilines is 1. The van der Waals surface area contributed by atoms with Gasteiger partial charge in [-0.25, -0.2) is 19.8 Å². The molecule has 0 saturated carbocycles. The molecule has 0 aliphatic rings. The minimum atomic E-state index is 0.263. The number of aliphatic imine (C=N–C) groups is 1. The average molecular weight is 415 g/mol. The number of imidazole rings is 1. The van der Waals surface area contributed by atoms with Crippen molar-refractivity contribution in [3.63, 3.8) is 0 Å². The first kappa shape index (κ1) is 20.6. The number of nitrogen functional groups attached to an aromatic ring is 1. The number of nitrogens with zero attached hydrogens (tertiary/aromatic N) is 4. The molecular formula is C24H25N5O2. The molecule has 0 fully saturated rings. The third-order valence-electron chi connectivity index (χ3n) is 5.53. The van der Waals surface area contributed by atoms with E-state index in [1.807, 2.05) is 37.3 Å². The molecule has 2 heterocycles. The zero-order valence-corrected chi connectivity index (χ0v) is 17.7. The summed E-state index contributed by atoms with van der Waals surface area (Å²) >= 11 is 0. The summed E-state index contributed by atoms with van der Waals surface area (Å²) in [4.78, 5) is 23.7. The summed E-state index contributed by atoms with van der Waals surface area (Å²) in [7, 11) is 0. The van der Waals surface area contributed by atoms with Crippen molar-refractivity contribution >= 4 is 33.8 Å². The normalized spacial score (nSPS) is 11.2. The van der Waals surface area contributed by atoms with E-state index in [0.717, 1.165) is 58.2 Å². The Balaban J connectivity index is 1.96. The van der Waals surface area contributed by atoms with E-state index in [2.05, 4.69) is 21.5 Å². The number of hydrogen-bond acceptors (Lipinski definition) is 6. The number of isocyanates is 1. The molecule has 7 heteroatoms. The fourth-order valence-corrected chi connectivity index (χ4v) is 3.92. The van der Waals surface area contributed by atoms with Crippen LogP contribution in [0.15, 0.2) is 41.4 Å². The monoisotopic (exact) mass is 415 g/mol. The van der Waals surface area contributed by atoms with Gasteiger partial charge in [-0.15, -0.1) is 0 Å². The molecule has 3 N–H and O–H groups in total. The summed E-state index contributed by atoms with van der Waals surface area (Å²) in [5.74, 6) is 1.64. The van der Waals surface area contributed by atoms with Gasteiger partial charge in [0.1, 0.15) is 17.1 Å². The van der Waals surface area contributed by atoms with Crippen molar-refractivity contribution in [2.45, 2.75) is 46.2 Å². The Labute approximate surface area is 180 Å². The lowest BCUT2D eigenvalue weighted by Gasteiger charge is -2.12. The molecule has 0 bridgehead atoms. The lowest BCUT2D eigenvalue weighted by atomic mass is 10.1. The van der Waals surface area contributed by atoms with E-state index >= 15 is 0 Å². The van der Waals surface area contributed by atoms with Crippen molar-refractivity contribution in [2.75, 3.05) is 5.73 Å². The summed E-state index contributed by atoms with van der Waals surface area (Å²) in [5, 5.41) is 10.8. The van der Waals surface area contributed by atoms with E-state index in [1.165, 1.54) is 0 Å². The Morgan fingerprint density at radius 2 is 1.97 bits per heavy atom. The highest BCUT2D eigenvalue weighted by molar-refractivity contribution is 6.06. The van der Waals surface area contributed by atoms with Crippen molar-refractivity contribution in [1.29, 1.82) is 0 Å². The second-order valence-electron chi connectivity index (χ2n) is 7.79. The number of aryl methyl sites for hydroxylation is 2. The fourth-order valence-electron chi connectivity index (χ4n) is 3.92. The predicted octanol–water partition coefficient (Wildman–Crippen LogP) is 4.41. The van der Waals surface area contributed by atoms with Crippen molar-refractivity contribution in [2.24, 2.45) is 4.99 Å². The van der Waals surface area contributed by atoms with Crippen LogP contribution in [-0.2, 0) is 24.3 Å². The maximum atomic E-state index is 10.6. The number of aromatic hydroxyl groups is 1. The van der Waals surface area contributed by atoms with Crippen LogP contribution in [0, 0.1) is 6.92 Å². The number of phenolic OH excluding ortho intramolecular Hbond substituents is 1. The van der Waals surface area contributed by atoms with Crippen LogP contribution in [0.25, 0.3) is 21.9 Å². The number of rotatable bonds is 7. The maximum Gasteiger partial charge on any atom is 0.235 e. The predicted molar refractivity (Wildman–Crippen MR) is 122 cm³/mol. The zero-order chi connectivity index (χ0) is 22.0. The van der Waals surface area contributed by atoms with Gasteiger partial charge in [0.2, 0.25) is 6.08 Å². The number of phenols is 1. The summed E-state index contributed by atoms with van der Waals surface area (Å²) in [5.41, 5.74) is 11.5. The van der Waals surface area contributed by atoms with Gasteiger partial charge in [-0.1, -0.05) is 31.5 Å². The van der Waals surface area contributed by atoms with Crippen molar-refractivity contribution in [1.82, 2.24) is 14.5 Å². The van der Waals surface area contributed by atoms with Gasteiger partial charge in [0, 0.05) is 18.4 Å². The van der Waals surface area contributed by atoms with Crippen LogP contribution >= 0.6 is 0 Å². The van der Waals surface area contributed by atoms with Crippen LogP contribution < -0.4 is 5.73 Å². The fraction of sp³-hybridized carbons (Fsp3) is 0.292. The number of pyridine rings is 1. The maximum absolute atomic E-state index is 10.6. The minimum Gasteiger partial charge on any atom is -0.508 e. The van der Waals surface area contributed by atoms with Crippen LogP contribution in [0.1, 0.15) is 42.3 Å². The Bertz CT molecular complexity index is 1320. The van der Waals surface area contributed by atoms with E-state index in [9.17, 15) is 9.90 Å². The highest BCUT2D eigenvalue weighted by Crippen LogP contribution is 2.31. The van der Waals surface area contributed by atoms with E-state index < -0.39 is 0 Å². The lowest BCUT2D eigenvalue weighted by Crippen LogP contribution is -2.06. The number of hydrogen-bond donors (Lipinski definition) is 2. The van der Waals surface area contributed by atoms with E-state index in [-0.39, 0.29) is 12.3 Å². The summed E-state index contributed by atoms with van der Waals surface area (Å²) in [6.45, 7) is 4.91. The van der Waals surface area contributed by atoms with Crippen LogP contribution in [0.5, 0.6) is 5.75 Å². The van der Waals surface area contributed by atoms with Gasteiger partial charge >= 0.3 is 0 Å². The molecule has 0 aliphatic carbocycles. The number of fused-ring (bicyclic) bond motifs is 3. The van der Waals surface area contributed by atoms with Crippen molar-refractivity contribution in [3.05, 3.63) is 58.9 Å². The van der Waals surface area contributed by atoms with Gasteiger partial charge in [0.15, 0.2) is 5.82 Å². The molecule has 0 amide bonds. The van der Waals surface area contributed by atoms with Gasteiger partial charge < -0.3 is 15.4 Å². The van der Waals surface area contributed by atoms with Crippen LogP contribution in [0.2, 0.25) is 0 Å². The average Bonchev–Trinajstić information content (AvgIpc) is 3.12. The lowest BCUT2D eigenvalue weighted by molar-refractivity contribution is 0.470. The quantitative estimate of drug-likeness (QED) is 0.343. The summed E-state index contributed by atoms with van der Waals surface area (Å²) in [6.07, 6.45) is 4.50. The second-order valence-corrected chi connectivity index (χ2v) is 7.79. The highest BCUT2D eigenvalue weighted by Gasteiger charge is 2.18. The molecule has 4 aromatic rings. The number of carbonyl (C=O) groups excluding carboxylic acids is 1. The molecule has 0 spiro atoms. The Kier molecular flexibility index (Phi) is 5.69. The topological polar surface area (TPSA) is 106 Å². The highest BCUT2D eigenvalue weighted by atomic mass is 16.3. The molecule has 0 unspecified atom stereocenters. The molecule has 0 atom stereocenters. The first-order valence-corrected chi connectivity index (χ1v) is 10.4. The first-order valence-electron chi connectivity index (χ1n) is 10.4. The molecule has 2 aromatic carbocycles. The van der Waals surface area contributed by atoms with Gasteiger partial charge in [-0.05, 0) is 48.2 Å². The van der Waals surface area contributed by atoms with Crippen LogP contribution in [0.3, 0.4) is 0 Å². The molecular weight excluding hydrogens is 390 g/mol. The van der Waals surface area contributed by atoms with Crippen molar-refractivity contribution < 1.29 is 9.90 Å². The smallest absolute Gasteiger partial charge is 0.235 e. The van der Waals surface area contributed by atoms with Gasteiger partial charge in [-0.2, -0.15) is 0 Å². The molecule has 31 heavy (non-hydrogen) atoms. The standard InChI is InChI=1S/C24H25N5O2/c1-3-4-5-21-28-22-23(29(21)13-17-7-9-20(31)15(2)10-17)18-11-16(12-26-14-30)6-8-19(18)27-24(22)25/h6-11,31H,3-5,12-13H2,1-2H3,(H2,25,27). The number of nitrogens with two attached hydrogens (primary N) is 1. The molecule has 158 valence electrons. The third kappa shape index (κ3) is 4.00. The minimum absolute atomic E-state index is 0.263. The van der Waals surface area contributed by atoms with Crippen LogP contribution in [0.4, 0.5) is 5.82 Å². The molecule has 0 radical (unpaired) electrons. The van der Waals surface area contributed by atoms with Gasteiger partial charge in [0.25, 0.3) is 0 Å². The SMILES string of the molecule is CCCCc1nc2c(N)nc3ccc(CN=C=O)cc3c2n1Cc1ccc(O)c(C)c1. The Morgan fingerprint density at radius 1 is 1.16 bits per heavy atom. The Hall–Kier alpha value is -3.70. The van der Waals surface area contributed by atoms with E-state index in [1.54, 1.807) is 12.1 Å². The number of aromatic nitrogens is 3. The molecule has 2 aromatic heterocycles. The first-order chi connectivity index (χ1) is 15.0.